The van der Waals surface area contributed by atoms with Gasteiger partial charge in [-0.1, -0.05) is 39.3 Å². The molecule has 4 saturated carbocycles. The number of allylic oxidation sites excluding steroid dienone is 1. The Bertz CT molecular complexity index is 903. The molecule has 2 N–H and O–H groups in total. The van der Waals surface area contributed by atoms with Crippen LogP contribution < -0.4 is 0 Å². The first-order valence-electron chi connectivity index (χ1n) is 14.1. The Kier molecular flexibility index (Phi) is 4.87. The van der Waals surface area contributed by atoms with Crippen molar-refractivity contribution in [3.63, 3.8) is 0 Å². The monoisotopic (exact) mass is 472 g/mol. The van der Waals surface area contributed by atoms with Crippen molar-refractivity contribution in [2.24, 2.45) is 45.3 Å². The van der Waals surface area contributed by atoms with E-state index in [1.54, 1.807) is 0 Å². The summed E-state index contributed by atoms with van der Waals surface area (Å²) in [7, 11) is 0. The Balaban J connectivity index is 1.41. The Hall–Kier alpha value is -0.420. The number of hydrogen-bond acceptors (Lipinski definition) is 4. The molecule has 5 unspecified atom stereocenters. The second-order valence-electron chi connectivity index (χ2n) is 15.0. The molecular formula is C30H48O4. The van der Waals surface area contributed by atoms with Gasteiger partial charge in [0.1, 0.15) is 0 Å². The first kappa shape index (κ1) is 23.9. The lowest BCUT2D eigenvalue weighted by Crippen LogP contribution is -2.67. The number of ether oxygens (including phenoxy) is 2. The molecule has 2 bridgehead atoms. The van der Waals surface area contributed by atoms with Crippen molar-refractivity contribution in [3.05, 3.63) is 11.6 Å². The summed E-state index contributed by atoms with van der Waals surface area (Å²) in [5.41, 5.74) is 0.962. The standard InChI is InChI=1S/C30H48O4/c1-18(2)14-19-15-28(7,32)24-20-8-9-22-26(5)12-11-23(31)25(3,4)21(26)10-13-27(22,6)29(20)16-30(24,34-19)33-17-29/h14,19-24,31-32H,8-13,15-17H2,1-7H3/t19?,20?,21?,22?,23-,24?,26-,27+,28-,29+,30+/m0/s1. The summed E-state index contributed by atoms with van der Waals surface area (Å²) in [6, 6.07) is 0. The van der Waals surface area contributed by atoms with Crippen LogP contribution in [0.2, 0.25) is 0 Å². The highest BCUT2D eigenvalue weighted by Crippen LogP contribution is 2.80. The van der Waals surface area contributed by atoms with E-state index in [0.717, 1.165) is 25.9 Å². The molecule has 0 radical (unpaired) electrons. The van der Waals surface area contributed by atoms with Crippen molar-refractivity contribution in [1.82, 2.24) is 0 Å². The molecule has 2 spiro atoms. The fourth-order valence-corrected chi connectivity index (χ4v) is 11.6. The molecule has 0 aromatic rings. The fourth-order valence-electron chi connectivity index (χ4n) is 11.6. The number of fused-ring (bicyclic) bond motifs is 4. The van der Waals surface area contributed by atoms with E-state index in [2.05, 4.69) is 54.5 Å². The van der Waals surface area contributed by atoms with Crippen LogP contribution in [0.25, 0.3) is 0 Å². The van der Waals surface area contributed by atoms with Gasteiger partial charge in [0.05, 0.1) is 24.4 Å². The molecular weight excluding hydrogens is 424 g/mol. The molecule has 2 saturated heterocycles. The Labute approximate surface area is 206 Å². The second kappa shape index (κ2) is 6.91. The van der Waals surface area contributed by atoms with Crippen molar-refractivity contribution in [2.45, 2.75) is 123 Å². The molecule has 6 rings (SSSR count). The van der Waals surface area contributed by atoms with Crippen LogP contribution in [0.15, 0.2) is 11.6 Å². The average molecular weight is 473 g/mol. The van der Waals surface area contributed by atoms with Crippen LogP contribution in [0.4, 0.5) is 0 Å². The molecule has 0 amide bonds. The maximum Gasteiger partial charge on any atom is 0.175 e. The molecule has 11 atom stereocenters. The van der Waals surface area contributed by atoms with Crippen molar-refractivity contribution < 1.29 is 19.7 Å². The lowest BCUT2D eigenvalue weighted by atomic mass is 9.35. The number of aliphatic hydroxyl groups excluding tert-OH is 1. The Morgan fingerprint density at radius 3 is 2.38 bits per heavy atom. The van der Waals surface area contributed by atoms with Crippen LogP contribution in [0.1, 0.15) is 99.8 Å². The summed E-state index contributed by atoms with van der Waals surface area (Å²) in [5, 5.41) is 22.8. The molecule has 192 valence electrons. The highest BCUT2D eigenvalue weighted by atomic mass is 16.7. The third-order valence-electron chi connectivity index (χ3n) is 12.8. The summed E-state index contributed by atoms with van der Waals surface area (Å²) in [6.07, 6.45) is 10.4. The third-order valence-corrected chi connectivity index (χ3v) is 12.8. The molecule has 0 aromatic carbocycles. The summed E-state index contributed by atoms with van der Waals surface area (Å²) >= 11 is 0. The summed E-state index contributed by atoms with van der Waals surface area (Å²) in [4.78, 5) is 0. The zero-order chi connectivity index (χ0) is 24.5. The second-order valence-corrected chi connectivity index (χ2v) is 15.0. The minimum Gasteiger partial charge on any atom is -0.393 e. The quantitative estimate of drug-likeness (QED) is 0.470. The largest absolute Gasteiger partial charge is 0.393 e. The molecule has 2 aliphatic heterocycles. The van der Waals surface area contributed by atoms with Gasteiger partial charge in [0, 0.05) is 24.2 Å². The summed E-state index contributed by atoms with van der Waals surface area (Å²) in [5.74, 6) is 1.09. The predicted molar refractivity (Wildman–Crippen MR) is 133 cm³/mol. The van der Waals surface area contributed by atoms with Gasteiger partial charge in [-0.2, -0.15) is 0 Å². The highest BCUT2D eigenvalue weighted by molar-refractivity contribution is 5.26. The van der Waals surface area contributed by atoms with Crippen molar-refractivity contribution in [2.75, 3.05) is 6.61 Å². The van der Waals surface area contributed by atoms with Gasteiger partial charge in [0.25, 0.3) is 0 Å². The molecule has 0 aromatic heterocycles. The lowest BCUT2D eigenvalue weighted by molar-refractivity contribution is -0.340. The van der Waals surface area contributed by atoms with E-state index in [-0.39, 0.29) is 39.8 Å². The molecule has 4 nitrogen and oxygen atoms in total. The number of aliphatic hydroxyl groups is 2. The Morgan fingerprint density at radius 2 is 1.68 bits per heavy atom. The normalized spacial score (nSPS) is 59.4. The van der Waals surface area contributed by atoms with Crippen LogP contribution in [0, 0.1) is 45.3 Å². The zero-order valence-electron chi connectivity index (χ0n) is 22.6. The van der Waals surface area contributed by atoms with E-state index in [4.69, 9.17) is 9.47 Å². The molecule has 2 heterocycles. The SMILES string of the molecule is CC(C)=CC1C[C@](C)(O)C2C3CCC4[C@@]5(C)CC[C@H](O)C(C)(C)C5CC[C@@]4(C)[C@]34CO[C@]2(C4)O1. The zero-order valence-corrected chi connectivity index (χ0v) is 22.6. The Morgan fingerprint density at radius 1 is 0.941 bits per heavy atom. The lowest BCUT2D eigenvalue weighted by Gasteiger charge is -2.70. The number of hydrogen-bond donors (Lipinski definition) is 2. The van der Waals surface area contributed by atoms with E-state index in [1.165, 1.54) is 31.3 Å². The first-order valence-corrected chi connectivity index (χ1v) is 14.1. The molecule has 34 heavy (non-hydrogen) atoms. The van der Waals surface area contributed by atoms with Crippen LogP contribution in [0.3, 0.4) is 0 Å². The van der Waals surface area contributed by atoms with E-state index in [9.17, 15) is 10.2 Å². The van der Waals surface area contributed by atoms with Crippen molar-refractivity contribution in [3.8, 4) is 0 Å². The maximum atomic E-state index is 11.9. The van der Waals surface area contributed by atoms with E-state index >= 15 is 0 Å². The van der Waals surface area contributed by atoms with E-state index < -0.39 is 11.4 Å². The van der Waals surface area contributed by atoms with Gasteiger partial charge >= 0.3 is 0 Å². The van der Waals surface area contributed by atoms with Crippen LogP contribution >= 0.6 is 0 Å². The van der Waals surface area contributed by atoms with Gasteiger partial charge in [-0.25, -0.2) is 0 Å². The minimum absolute atomic E-state index is 0.0236. The maximum absolute atomic E-state index is 11.9. The summed E-state index contributed by atoms with van der Waals surface area (Å²) < 4.78 is 13.6. The van der Waals surface area contributed by atoms with Crippen LogP contribution in [-0.4, -0.2) is 40.4 Å². The fraction of sp³-hybridized carbons (Fsp3) is 0.933. The minimum atomic E-state index is -0.775. The van der Waals surface area contributed by atoms with Crippen molar-refractivity contribution >= 4 is 0 Å². The molecule has 4 aliphatic carbocycles. The van der Waals surface area contributed by atoms with Gasteiger partial charge in [0.15, 0.2) is 5.79 Å². The predicted octanol–water partition coefficient (Wildman–Crippen LogP) is 5.86. The van der Waals surface area contributed by atoms with Gasteiger partial charge < -0.3 is 19.7 Å². The molecule has 6 fully saturated rings. The van der Waals surface area contributed by atoms with E-state index in [0.29, 0.717) is 24.2 Å². The number of rotatable bonds is 1. The van der Waals surface area contributed by atoms with Gasteiger partial charge in [-0.15, -0.1) is 0 Å². The van der Waals surface area contributed by atoms with Crippen LogP contribution in [0.5, 0.6) is 0 Å². The average Bonchev–Trinajstić information content (AvgIpc) is 3.22. The van der Waals surface area contributed by atoms with Crippen molar-refractivity contribution in [1.29, 1.82) is 0 Å². The van der Waals surface area contributed by atoms with E-state index in [1.807, 2.05) is 0 Å². The van der Waals surface area contributed by atoms with Gasteiger partial charge in [-0.05, 0) is 93.3 Å². The first-order chi connectivity index (χ1) is 15.7. The van der Waals surface area contributed by atoms with Crippen LogP contribution in [-0.2, 0) is 9.47 Å². The smallest absolute Gasteiger partial charge is 0.175 e. The summed E-state index contributed by atoms with van der Waals surface area (Å²) in [6.45, 7) is 16.9. The topological polar surface area (TPSA) is 58.9 Å². The third kappa shape index (κ3) is 2.70. The highest BCUT2D eigenvalue weighted by Gasteiger charge is 2.80. The van der Waals surface area contributed by atoms with Gasteiger partial charge in [-0.3, -0.25) is 0 Å². The molecule has 6 aliphatic rings. The van der Waals surface area contributed by atoms with Gasteiger partial charge in [0.2, 0.25) is 0 Å². The molecule has 4 heteroatoms.